The van der Waals surface area contributed by atoms with E-state index >= 15 is 0 Å². The third-order valence-corrected chi connectivity index (χ3v) is 5.41. The lowest BCUT2D eigenvalue weighted by molar-refractivity contribution is 0.0736. The predicted octanol–water partition coefficient (Wildman–Crippen LogP) is 2.61. The molecule has 10 heteroatoms. The van der Waals surface area contributed by atoms with Crippen molar-refractivity contribution in [3.63, 3.8) is 0 Å². The molecule has 1 aliphatic heterocycles. The number of hydrogen-bond acceptors (Lipinski definition) is 6. The Morgan fingerprint density at radius 3 is 2.35 bits per heavy atom. The Labute approximate surface area is 178 Å². The number of benzene rings is 1. The van der Waals surface area contributed by atoms with Crippen molar-refractivity contribution in [2.45, 2.75) is 19.3 Å². The van der Waals surface area contributed by atoms with Gasteiger partial charge in [0.05, 0.1) is 0 Å². The Hall–Kier alpha value is -3.30. The van der Waals surface area contributed by atoms with Gasteiger partial charge in [0, 0.05) is 38.8 Å². The maximum Gasteiger partial charge on any atom is 0.413 e. The minimum Gasteiger partial charge on any atom is -0.390 e. The van der Waals surface area contributed by atoms with E-state index in [9.17, 15) is 18.4 Å². The molecular weight excluding hydrogens is 408 g/mol. The lowest BCUT2D eigenvalue weighted by Gasteiger charge is -2.35. The van der Waals surface area contributed by atoms with Crippen LogP contribution in [0.15, 0.2) is 30.3 Å². The van der Waals surface area contributed by atoms with Crippen molar-refractivity contribution in [1.82, 2.24) is 20.4 Å². The van der Waals surface area contributed by atoms with Crippen molar-refractivity contribution in [2.24, 2.45) is 5.92 Å². The largest absolute Gasteiger partial charge is 0.413 e. The van der Waals surface area contributed by atoms with Crippen LogP contribution in [0, 0.1) is 17.6 Å². The summed E-state index contributed by atoms with van der Waals surface area (Å²) in [4.78, 5) is 27.6. The number of amides is 2. The molecule has 2 aromatic rings. The van der Waals surface area contributed by atoms with Crippen LogP contribution in [0.25, 0.3) is 0 Å². The summed E-state index contributed by atoms with van der Waals surface area (Å²) in [5.41, 5.74) is -0.535. The van der Waals surface area contributed by atoms with E-state index in [0.29, 0.717) is 25.5 Å². The first-order chi connectivity index (χ1) is 15.0. The topological polar surface area (TPSA) is 87.7 Å². The molecule has 8 nitrogen and oxygen atoms in total. The summed E-state index contributed by atoms with van der Waals surface area (Å²) in [7, 11) is 0. The zero-order chi connectivity index (χ0) is 21.8. The summed E-state index contributed by atoms with van der Waals surface area (Å²) >= 11 is 0. The summed E-state index contributed by atoms with van der Waals surface area (Å²) in [6.07, 6.45) is 2.85. The molecule has 1 aromatic carbocycles. The second kappa shape index (κ2) is 9.23. The highest BCUT2D eigenvalue weighted by Gasteiger charge is 2.27. The van der Waals surface area contributed by atoms with Crippen molar-refractivity contribution >= 4 is 17.8 Å². The first kappa shape index (κ1) is 21.0. The number of carbonyl (C=O) groups excluding carboxylic acids is 2. The highest BCUT2D eigenvalue weighted by molar-refractivity contribution is 5.95. The van der Waals surface area contributed by atoms with E-state index in [1.165, 1.54) is 23.8 Å². The van der Waals surface area contributed by atoms with Gasteiger partial charge in [-0.25, -0.2) is 13.6 Å². The van der Waals surface area contributed by atoms with Crippen LogP contribution in [0.1, 0.15) is 29.6 Å². The third-order valence-electron chi connectivity index (χ3n) is 5.41. The normalized spacial score (nSPS) is 16.2. The van der Waals surface area contributed by atoms with Gasteiger partial charge in [-0.1, -0.05) is 18.9 Å². The van der Waals surface area contributed by atoms with Gasteiger partial charge < -0.3 is 19.9 Å². The summed E-state index contributed by atoms with van der Waals surface area (Å²) < 4.78 is 32.9. The average Bonchev–Trinajstić information content (AvgIpc) is 3.59. The van der Waals surface area contributed by atoms with E-state index in [4.69, 9.17) is 4.74 Å². The van der Waals surface area contributed by atoms with Crippen molar-refractivity contribution in [2.75, 3.05) is 37.6 Å². The number of aromatic nitrogens is 2. The van der Waals surface area contributed by atoms with Crippen LogP contribution in [0.3, 0.4) is 0 Å². The zero-order valence-electron chi connectivity index (χ0n) is 16.9. The first-order valence-electron chi connectivity index (χ1n) is 10.3. The monoisotopic (exact) mass is 431 g/mol. The summed E-state index contributed by atoms with van der Waals surface area (Å²) in [6, 6.07) is 6.59. The predicted molar refractivity (Wildman–Crippen MR) is 108 cm³/mol. The number of halogens is 2. The number of nitrogens with zero attached hydrogens (tertiary/aromatic N) is 4. The van der Waals surface area contributed by atoms with Gasteiger partial charge in [0.2, 0.25) is 5.88 Å². The number of ether oxygens (including phenoxy) is 1. The van der Waals surface area contributed by atoms with Gasteiger partial charge in [-0.15, -0.1) is 10.2 Å². The second-order valence-electron chi connectivity index (χ2n) is 7.65. The van der Waals surface area contributed by atoms with E-state index in [1.807, 2.05) is 4.90 Å². The number of nitrogens with one attached hydrogen (secondary N) is 1. The van der Waals surface area contributed by atoms with E-state index in [-0.39, 0.29) is 19.0 Å². The van der Waals surface area contributed by atoms with Crippen molar-refractivity contribution in [1.29, 1.82) is 0 Å². The van der Waals surface area contributed by atoms with Gasteiger partial charge in [-0.2, -0.15) is 0 Å². The number of rotatable bonds is 6. The number of carbonyl (C=O) groups is 2. The smallest absolute Gasteiger partial charge is 0.390 e. The van der Waals surface area contributed by atoms with E-state index in [2.05, 4.69) is 15.5 Å². The highest BCUT2D eigenvalue weighted by atomic mass is 19.1. The fraction of sp³-hybridized carbons (Fsp3) is 0.429. The molecule has 2 aliphatic rings. The number of piperazine rings is 1. The Morgan fingerprint density at radius 2 is 1.74 bits per heavy atom. The van der Waals surface area contributed by atoms with E-state index in [1.54, 1.807) is 12.1 Å². The van der Waals surface area contributed by atoms with Crippen LogP contribution in [-0.2, 0) is 0 Å². The summed E-state index contributed by atoms with van der Waals surface area (Å²) in [5, 5.41) is 10.7. The molecule has 2 heterocycles. The fourth-order valence-electron chi connectivity index (χ4n) is 3.45. The Morgan fingerprint density at radius 1 is 1.03 bits per heavy atom. The van der Waals surface area contributed by atoms with Gasteiger partial charge in [-0.05, 0) is 30.5 Å². The molecule has 4 rings (SSSR count). The van der Waals surface area contributed by atoms with Crippen molar-refractivity contribution in [3.8, 4) is 5.88 Å². The molecule has 31 heavy (non-hydrogen) atoms. The van der Waals surface area contributed by atoms with Gasteiger partial charge in [0.25, 0.3) is 5.91 Å². The molecule has 2 amide bonds. The molecule has 1 aromatic heterocycles. The molecule has 0 unspecified atom stereocenters. The molecule has 2 fully saturated rings. The average molecular weight is 431 g/mol. The summed E-state index contributed by atoms with van der Waals surface area (Å²) in [6.45, 7) is 2.01. The Bertz CT molecular complexity index is 924. The molecule has 0 spiro atoms. The fourth-order valence-corrected chi connectivity index (χ4v) is 3.45. The molecule has 1 saturated carbocycles. The van der Waals surface area contributed by atoms with Gasteiger partial charge >= 0.3 is 6.09 Å². The first-order valence-corrected chi connectivity index (χ1v) is 10.3. The lowest BCUT2D eigenvalue weighted by Crippen LogP contribution is -2.49. The SMILES string of the molecule is O=C(NCCC1CC1)Oc1ccc(N2CCN(C(=O)c3c(F)cccc3F)CC2)nn1. The number of anilines is 1. The maximum atomic E-state index is 13.9. The van der Waals surface area contributed by atoms with Gasteiger partial charge in [-0.3, -0.25) is 4.79 Å². The minimum atomic E-state index is -0.870. The van der Waals surface area contributed by atoms with Crippen LogP contribution in [0.2, 0.25) is 0 Å². The third kappa shape index (κ3) is 5.25. The van der Waals surface area contributed by atoms with Crippen LogP contribution in [0.5, 0.6) is 5.88 Å². The maximum absolute atomic E-state index is 13.9. The molecule has 1 saturated heterocycles. The Balaban J connectivity index is 1.27. The lowest BCUT2D eigenvalue weighted by atomic mass is 10.1. The molecule has 1 N–H and O–H groups in total. The van der Waals surface area contributed by atoms with Crippen molar-refractivity contribution < 1.29 is 23.1 Å². The van der Waals surface area contributed by atoms with Crippen molar-refractivity contribution in [3.05, 3.63) is 47.5 Å². The quantitative estimate of drug-likeness (QED) is 0.757. The van der Waals surface area contributed by atoms with Crippen LogP contribution in [-0.4, -0.2) is 59.8 Å². The molecule has 0 radical (unpaired) electrons. The number of hydrogen-bond donors (Lipinski definition) is 1. The molecule has 164 valence electrons. The van der Waals surface area contributed by atoms with Crippen LogP contribution in [0.4, 0.5) is 19.4 Å². The molecular formula is C21H23F2N5O3. The molecule has 0 bridgehead atoms. The molecule has 1 aliphatic carbocycles. The van der Waals surface area contributed by atoms with Crippen LogP contribution < -0.4 is 15.0 Å². The minimum absolute atomic E-state index is 0.0940. The van der Waals surface area contributed by atoms with E-state index < -0.39 is 29.2 Å². The van der Waals surface area contributed by atoms with Gasteiger partial charge in [0.1, 0.15) is 17.2 Å². The van der Waals surface area contributed by atoms with E-state index in [0.717, 1.165) is 24.5 Å². The second-order valence-corrected chi connectivity index (χ2v) is 7.65. The Kier molecular flexibility index (Phi) is 6.24. The van der Waals surface area contributed by atoms with Crippen LogP contribution >= 0.6 is 0 Å². The zero-order valence-corrected chi connectivity index (χ0v) is 16.9. The summed E-state index contributed by atoms with van der Waals surface area (Å²) in [5.74, 6) is -1.03. The molecule has 0 atom stereocenters. The highest BCUT2D eigenvalue weighted by Crippen LogP contribution is 2.31. The standard InChI is InChI=1S/C21H23F2N5O3/c22-15-2-1-3-16(23)19(15)20(29)28-12-10-27(11-13-28)17-6-7-18(26-25-17)31-21(30)24-9-8-14-4-5-14/h1-3,6-7,14H,4-5,8-13H2,(H,24,30). The van der Waals surface area contributed by atoms with Gasteiger partial charge in [0.15, 0.2) is 5.82 Å².